The molecule has 3 aromatic rings. The summed E-state index contributed by atoms with van der Waals surface area (Å²) in [6, 6.07) is 18.5. The molecule has 1 amide bonds. The van der Waals surface area contributed by atoms with E-state index in [9.17, 15) is 4.79 Å². The first-order valence-corrected chi connectivity index (χ1v) is 11.2. The number of ether oxygens (including phenoxy) is 1. The molecule has 0 radical (unpaired) electrons. The molecule has 0 bridgehead atoms. The predicted octanol–water partition coefficient (Wildman–Crippen LogP) is 3.41. The number of fused-ring (bicyclic) bond motifs is 1. The number of morpholine rings is 1. The van der Waals surface area contributed by atoms with Gasteiger partial charge in [-0.25, -0.2) is 4.98 Å². The average molecular weight is 414 g/mol. The molecule has 2 aromatic carbocycles. The Kier molecular flexibility index (Phi) is 6.59. The Bertz CT molecular complexity index is 883. The lowest BCUT2D eigenvalue weighted by atomic mass is 10.2. The van der Waals surface area contributed by atoms with Crippen molar-refractivity contribution >= 4 is 39.2 Å². The third kappa shape index (κ3) is 5.32. The summed E-state index contributed by atoms with van der Waals surface area (Å²) in [4.78, 5) is 19.2. The molecular weight excluding hydrogens is 390 g/mol. The summed E-state index contributed by atoms with van der Waals surface area (Å²) in [5.41, 5.74) is 2.30. The van der Waals surface area contributed by atoms with Gasteiger partial charge in [0, 0.05) is 26.2 Å². The molecule has 1 aromatic heterocycles. The Morgan fingerprint density at radius 2 is 2.04 bits per heavy atom. The van der Waals surface area contributed by atoms with Gasteiger partial charge in [-0.05, 0) is 17.7 Å². The van der Waals surface area contributed by atoms with Crippen molar-refractivity contribution in [2.75, 3.05) is 32.0 Å². The molecule has 4 rings (SSSR count). The van der Waals surface area contributed by atoms with E-state index in [0.29, 0.717) is 18.9 Å². The van der Waals surface area contributed by atoms with E-state index in [4.69, 9.17) is 4.74 Å². The zero-order chi connectivity index (χ0) is 19.2. The molecule has 1 fully saturated rings. The van der Waals surface area contributed by atoms with Gasteiger partial charge in [0.1, 0.15) is 0 Å². The van der Waals surface area contributed by atoms with Crippen molar-refractivity contribution in [3.63, 3.8) is 0 Å². The fourth-order valence-electron chi connectivity index (χ4n) is 3.21. The van der Waals surface area contributed by atoms with E-state index in [0.717, 1.165) is 34.2 Å². The molecule has 2 heterocycles. The lowest BCUT2D eigenvalue weighted by Gasteiger charge is -2.33. The predicted molar refractivity (Wildman–Crippen MR) is 115 cm³/mol. The van der Waals surface area contributed by atoms with Crippen LogP contribution in [0.4, 0.5) is 0 Å². The third-order valence-corrected chi connectivity index (χ3v) is 6.78. The van der Waals surface area contributed by atoms with Crippen molar-refractivity contribution in [2.24, 2.45) is 0 Å². The van der Waals surface area contributed by atoms with Gasteiger partial charge in [-0.1, -0.05) is 54.2 Å². The van der Waals surface area contributed by atoms with E-state index < -0.39 is 0 Å². The van der Waals surface area contributed by atoms with Crippen LogP contribution in [0.15, 0.2) is 58.9 Å². The van der Waals surface area contributed by atoms with Crippen LogP contribution in [0, 0.1) is 0 Å². The van der Waals surface area contributed by atoms with Gasteiger partial charge in [-0.15, -0.1) is 11.3 Å². The van der Waals surface area contributed by atoms with Gasteiger partial charge in [0.25, 0.3) is 0 Å². The van der Waals surface area contributed by atoms with Crippen LogP contribution in [0.25, 0.3) is 10.2 Å². The maximum atomic E-state index is 12.2. The summed E-state index contributed by atoms with van der Waals surface area (Å²) in [6.45, 7) is 3.92. The van der Waals surface area contributed by atoms with Crippen LogP contribution in [-0.2, 0) is 16.1 Å². The van der Waals surface area contributed by atoms with E-state index in [1.165, 1.54) is 17.3 Å². The van der Waals surface area contributed by atoms with Crippen LogP contribution in [0.5, 0.6) is 0 Å². The summed E-state index contributed by atoms with van der Waals surface area (Å²) in [6.07, 6.45) is 0.0360. The first-order valence-electron chi connectivity index (χ1n) is 9.39. The molecule has 146 valence electrons. The monoisotopic (exact) mass is 413 g/mol. The quantitative estimate of drug-likeness (QED) is 0.602. The number of carbonyl (C=O) groups excluding carboxylic acids is 1. The van der Waals surface area contributed by atoms with Crippen LogP contribution in [0.2, 0.25) is 0 Å². The largest absolute Gasteiger partial charge is 0.374 e. The number of para-hydroxylation sites is 1. The van der Waals surface area contributed by atoms with Gasteiger partial charge in [-0.3, -0.25) is 9.69 Å². The number of benzene rings is 2. The molecular formula is C21H23N3O2S2. The molecule has 28 heavy (non-hydrogen) atoms. The number of amides is 1. The molecule has 1 saturated heterocycles. The smallest absolute Gasteiger partial charge is 0.230 e. The highest BCUT2D eigenvalue weighted by Gasteiger charge is 2.21. The zero-order valence-corrected chi connectivity index (χ0v) is 17.2. The highest BCUT2D eigenvalue weighted by Crippen LogP contribution is 2.29. The molecule has 7 heteroatoms. The normalized spacial score (nSPS) is 17.6. The number of nitrogens with one attached hydrogen (secondary N) is 1. The molecule has 0 spiro atoms. The van der Waals surface area contributed by atoms with Crippen LogP contribution in [0.1, 0.15) is 5.56 Å². The van der Waals surface area contributed by atoms with Gasteiger partial charge in [0.15, 0.2) is 4.34 Å². The van der Waals surface area contributed by atoms with Gasteiger partial charge in [0.2, 0.25) is 5.91 Å². The molecule has 5 nitrogen and oxygen atoms in total. The van der Waals surface area contributed by atoms with Crippen molar-refractivity contribution in [1.29, 1.82) is 0 Å². The standard InChI is InChI=1S/C21H23N3O2S2/c25-20(15-27-21-23-18-8-4-5-9-19(18)28-21)22-12-17-14-24(10-11-26-17)13-16-6-2-1-3-7-16/h1-9,17H,10-15H2,(H,22,25)/t17-/m1/s1. The topological polar surface area (TPSA) is 54.5 Å². The molecule has 0 saturated carbocycles. The Labute approximate surface area is 173 Å². The Morgan fingerprint density at radius 1 is 1.21 bits per heavy atom. The van der Waals surface area contributed by atoms with Gasteiger partial charge in [-0.2, -0.15) is 0 Å². The highest BCUT2D eigenvalue weighted by atomic mass is 32.2. The second-order valence-corrected chi connectivity index (χ2v) is 9.01. The number of thioether (sulfide) groups is 1. The van der Waals surface area contributed by atoms with Crippen LogP contribution >= 0.6 is 23.1 Å². The minimum Gasteiger partial charge on any atom is -0.374 e. The van der Waals surface area contributed by atoms with E-state index in [1.54, 1.807) is 11.3 Å². The van der Waals surface area contributed by atoms with Crippen LogP contribution in [-0.4, -0.2) is 53.9 Å². The number of thiazole rings is 1. The summed E-state index contributed by atoms with van der Waals surface area (Å²) >= 11 is 3.11. The van der Waals surface area contributed by atoms with Crippen molar-refractivity contribution < 1.29 is 9.53 Å². The van der Waals surface area contributed by atoms with E-state index in [1.807, 2.05) is 24.3 Å². The zero-order valence-electron chi connectivity index (χ0n) is 15.5. The minimum atomic E-state index is 0.0213. The number of carbonyl (C=O) groups is 1. The lowest BCUT2D eigenvalue weighted by molar-refractivity contribution is -0.119. The van der Waals surface area contributed by atoms with Crippen molar-refractivity contribution in [1.82, 2.24) is 15.2 Å². The van der Waals surface area contributed by atoms with Crippen LogP contribution in [0.3, 0.4) is 0 Å². The minimum absolute atomic E-state index is 0.0213. The fraction of sp³-hybridized carbons (Fsp3) is 0.333. The van der Waals surface area contributed by atoms with Crippen molar-refractivity contribution in [3.8, 4) is 0 Å². The first kappa shape index (κ1) is 19.4. The summed E-state index contributed by atoms with van der Waals surface area (Å²) in [5.74, 6) is 0.397. The molecule has 1 atom stereocenters. The third-order valence-electron chi connectivity index (χ3n) is 4.60. The number of hydrogen-bond donors (Lipinski definition) is 1. The van der Waals surface area contributed by atoms with Crippen molar-refractivity contribution in [2.45, 2.75) is 17.0 Å². The summed E-state index contributed by atoms with van der Waals surface area (Å²) in [5, 5.41) is 3.01. The lowest BCUT2D eigenvalue weighted by Crippen LogP contribution is -2.47. The Hall–Kier alpha value is -1.93. The second kappa shape index (κ2) is 9.52. The molecule has 1 aliphatic heterocycles. The SMILES string of the molecule is O=C(CSc1nc2ccccc2s1)NC[C@@H]1CN(Cc2ccccc2)CCO1. The highest BCUT2D eigenvalue weighted by molar-refractivity contribution is 8.01. The van der Waals surface area contributed by atoms with Crippen LogP contribution < -0.4 is 5.32 Å². The molecule has 1 aliphatic rings. The first-order chi connectivity index (χ1) is 13.8. The Morgan fingerprint density at radius 3 is 2.89 bits per heavy atom. The van der Waals surface area contributed by atoms with Gasteiger partial charge < -0.3 is 10.1 Å². The van der Waals surface area contributed by atoms with Crippen molar-refractivity contribution in [3.05, 3.63) is 60.2 Å². The van der Waals surface area contributed by atoms with E-state index in [-0.39, 0.29) is 12.0 Å². The Balaban J connectivity index is 1.20. The van der Waals surface area contributed by atoms with E-state index in [2.05, 4.69) is 45.5 Å². The van der Waals surface area contributed by atoms with Gasteiger partial charge in [0.05, 0.1) is 28.7 Å². The number of hydrogen-bond acceptors (Lipinski definition) is 6. The number of nitrogens with zero attached hydrogens (tertiary/aromatic N) is 2. The number of aromatic nitrogens is 1. The average Bonchev–Trinajstić information content (AvgIpc) is 3.15. The fourth-order valence-corrected chi connectivity index (χ4v) is 5.11. The maximum absolute atomic E-state index is 12.2. The van der Waals surface area contributed by atoms with E-state index >= 15 is 0 Å². The maximum Gasteiger partial charge on any atom is 0.230 e. The molecule has 0 unspecified atom stereocenters. The molecule has 0 aliphatic carbocycles. The summed E-state index contributed by atoms with van der Waals surface area (Å²) < 4.78 is 7.91. The van der Waals surface area contributed by atoms with Gasteiger partial charge >= 0.3 is 0 Å². The molecule has 1 N–H and O–H groups in total. The second-order valence-electron chi connectivity index (χ2n) is 6.75. The number of rotatable bonds is 7. The summed E-state index contributed by atoms with van der Waals surface area (Å²) in [7, 11) is 0.